The molecule has 1 aliphatic heterocycles. The Hall–Kier alpha value is -1.35. The van der Waals surface area contributed by atoms with Crippen LogP contribution in [0.3, 0.4) is 0 Å². The molecule has 1 atom stereocenters. The second-order valence-corrected chi connectivity index (χ2v) is 5.05. The van der Waals surface area contributed by atoms with E-state index in [0.717, 1.165) is 38.0 Å². The molecule has 1 saturated heterocycles. The highest BCUT2D eigenvalue weighted by molar-refractivity contribution is 5.94. The monoisotopic (exact) mass is 246 g/mol. The minimum Gasteiger partial charge on any atom is -0.336 e. The van der Waals surface area contributed by atoms with E-state index in [0.29, 0.717) is 6.04 Å². The molecule has 3 nitrogen and oxygen atoms in total. The molecule has 18 heavy (non-hydrogen) atoms. The first-order valence-corrected chi connectivity index (χ1v) is 6.82. The van der Waals surface area contributed by atoms with E-state index in [2.05, 4.69) is 31.3 Å². The van der Waals surface area contributed by atoms with Crippen molar-refractivity contribution in [3.8, 4) is 0 Å². The molecule has 0 aromatic heterocycles. The Morgan fingerprint density at radius 2 is 2.11 bits per heavy atom. The molecule has 1 fully saturated rings. The fraction of sp³-hybridized carbons (Fsp3) is 0.533. The first-order chi connectivity index (χ1) is 8.70. The number of hydrogen-bond donors (Lipinski definition) is 1. The Kier molecular flexibility index (Phi) is 4.37. The highest BCUT2D eigenvalue weighted by Gasteiger charge is 2.21. The van der Waals surface area contributed by atoms with Gasteiger partial charge in [-0.25, -0.2) is 0 Å². The van der Waals surface area contributed by atoms with Crippen molar-refractivity contribution in [1.82, 2.24) is 10.2 Å². The fourth-order valence-corrected chi connectivity index (χ4v) is 2.40. The van der Waals surface area contributed by atoms with Crippen molar-refractivity contribution in [2.45, 2.75) is 32.7 Å². The van der Waals surface area contributed by atoms with Crippen LogP contribution in [0.2, 0.25) is 0 Å². The Bertz CT molecular complexity index is 399. The van der Waals surface area contributed by atoms with Crippen LogP contribution in [0.15, 0.2) is 24.3 Å². The number of carbonyl (C=O) groups excluding carboxylic acids is 1. The Labute approximate surface area is 109 Å². The maximum atomic E-state index is 12.3. The number of amides is 1. The average molecular weight is 246 g/mol. The molecule has 1 unspecified atom stereocenters. The molecule has 1 aliphatic rings. The van der Waals surface area contributed by atoms with Crippen LogP contribution in [0.1, 0.15) is 36.2 Å². The summed E-state index contributed by atoms with van der Waals surface area (Å²) < 4.78 is 0. The molecule has 0 saturated carbocycles. The lowest BCUT2D eigenvalue weighted by Gasteiger charge is -2.32. The minimum absolute atomic E-state index is 0.159. The van der Waals surface area contributed by atoms with E-state index in [4.69, 9.17) is 0 Å². The summed E-state index contributed by atoms with van der Waals surface area (Å²) in [5, 5.41) is 3.35. The van der Waals surface area contributed by atoms with Crippen LogP contribution in [0.25, 0.3) is 0 Å². The van der Waals surface area contributed by atoms with E-state index in [-0.39, 0.29) is 5.91 Å². The summed E-state index contributed by atoms with van der Waals surface area (Å²) >= 11 is 0. The van der Waals surface area contributed by atoms with Gasteiger partial charge in [0.1, 0.15) is 0 Å². The summed E-state index contributed by atoms with van der Waals surface area (Å²) in [5.41, 5.74) is 2.12. The number of piperazine rings is 1. The number of aryl methyl sites for hydroxylation is 1. The van der Waals surface area contributed by atoms with Gasteiger partial charge in [-0.15, -0.1) is 0 Å². The van der Waals surface area contributed by atoms with Gasteiger partial charge in [0, 0.05) is 31.2 Å². The normalized spacial score (nSPS) is 19.9. The lowest BCUT2D eigenvalue weighted by molar-refractivity contribution is 0.0709. The molecule has 1 aromatic carbocycles. The molecule has 1 amide bonds. The third kappa shape index (κ3) is 3.10. The zero-order valence-electron chi connectivity index (χ0n) is 11.3. The van der Waals surface area contributed by atoms with Crippen molar-refractivity contribution in [3.63, 3.8) is 0 Å². The molecule has 1 heterocycles. The standard InChI is InChI=1S/C15H22N2O/c1-3-4-13-5-7-14(8-6-13)15(18)17-10-9-16-12(2)11-17/h5-8,12,16H,3-4,9-11H2,1-2H3. The van der Waals surface area contributed by atoms with Crippen LogP contribution in [0.4, 0.5) is 0 Å². The van der Waals surface area contributed by atoms with Crippen molar-refractivity contribution in [3.05, 3.63) is 35.4 Å². The Morgan fingerprint density at radius 3 is 2.72 bits per heavy atom. The maximum Gasteiger partial charge on any atom is 0.253 e. The molecule has 0 spiro atoms. The van der Waals surface area contributed by atoms with Crippen molar-refractivity contribution in [2.24, 2.45) is 0 Å². The quantitative estimate of drug-likeness (QED) is 0.885. The van der Waals surface area contributed by atoms with Gasteiger partial charge in [-0.3, -0.25) is 4.79 Å². The highest BCUT2D eigenvalue weighted by Crippen LogP contribution is 2.11. The smallest absolute Gasteiger partial charge is 0.253 e. The van der Waals surface area contributed by atoms with Gasteiger partial charge in [0.2, 0.25) is 0 Å². The van der Waals surface area contributed by atoms with E-state index in [1.54, 1.807) is 0 Å². The zero-order chi connectivity index (χ0) is 13.0. The van der Waals surface area contributed by atoms with Crippen LogP contribution < -0.4 is 5.32 Å². The Balaban J connectivity index is 2.03. The van der Waals surface area contributed by atoms with E-state index in [1.165, 1.54) is 5.56 Å². The maximum absolute atomic E-state index is 12.3. The third-order valence-corrected chi connectivity index (χ3v) is 3.40. The van der Waals surface area contributed by atoms with Gasteiger partial charge in [0.25, 0.3) is 5.91 Å². The SMILES string of the molecule is CCCc1ccc(C(=O)N2CCNC(C)C2)cc1. The van der Waals surface area contributed by atoms with E-state index >= 15 is 0 Å². The van der Waals surface area contributed by atoms with Gasteiger partial charge in [0.05, 0.1) is 0 Å². The van der Waals surface area contributed by atoms with E-state index < -0.39 is 0 Å². The predicted molar refractivity (Wildman–Crippen MR) is 73.8 cm³/mol. The zero-order valence-corrected chi connectivity index (χ0v) is 11.3. The molecular weight excluding hydrogens is 224 g/mol. The number of carbonyl (C=O) groups is 1. The second kappa shape index (κ2) is 6.01. The van der Waals surface area contributed by atoms with Crippen LogP contribution in [0.5, 0.6) is 0 Å². The molecule has 0 radical (unpaired) electrons. The first-order valence-electron chi connectivity index (χ1n) is 6.82. The number of nitrogens with zero attached hydrogens (tertiary/aromatic N) is 1. The molecule has 1 aromatic rings. The van der Waals surface area contributed by atoms with Crippen molar-refractivity contribution >= 4 is 5.91 Å². The number of nitrogens with one attached hydrogen (secondary N) is 1. The first kappa shape index (κ1) is 13.1. The van der Waals surface area contributed by atoms with Crippen molar-refractivity contribution in [2.75, 3.05) is 19.6 Å². The molecule has 2 rings (SSSR count). The minimum atomic E-state index is 0.159. The fourth-order valence-electron chi connectivity index (χ4n) is 2.40. The molecule has 1 N–H and O–H groups in total. The summed E-state index contributed by atoms with van der Waals surface area (Å²) in [6.45, 7) is 6.78. The number of rotatable bonds is 3. The largest absolute Gasteiger partial charge is 0.336 e. The van der Waals surface area contributed by atoms with Gasteiger partial charge < -0.3 is 10.2 Å². The third-order valence-electron chi connectivity index (χ3n) is 3.40. The van der Waals surface area contributed by atoms with Gasteiger partial charge in [-0.05, 0) is 31.0 Å². The molecule has 0 aliphatic carbocycles. The van der Waals surface area contributed by atoms with E-state index in [9.17, 15) is 4.79 Å². The van der Waals surface area contributed by atoms with Crippen molar-refractivity contribution in [1.29, 1.82) is 0 Å². The average Bonchev–Trinajstić information content (AvgIpc) is 2.39. The number of hydrogen-bond acceptors (Lipinski definition) is 2. The lowest BCUT2D eigenvalue weighted by Crippen LogP contribution is -2.51. The van der Waals surface area contributed by atoms with Crippen LogP contribution in [-0.2, 0) is 6.42 Å². The second-order valence-electron chi connectivity index (χ2n) is 5.05. The highest BCUT2D eigenvalue weighted by atomic mass is 16.2. The number of benzene rings is 1. The molecule has 3 heteroatoms. The lowest BCUT2D eigenvalue weighted by atomic mass is 10.1. The summed E-state index contributed by atoms with van der Waals surface area (Å²) in [5.74, 6) is 0.159. The van der Waals surface area contributed by atoms with Crippen LogP contribution in [-0.4, -0.2) is 36.5 Å². The Morgan fingerprint density at radius 1 is 1.39 bits per heavy atom. The molecular formula is C15H22N2O. The molecule has 98 valence electrons. The van der Waals surface area contributed by atoms with Crippen LogP contribution >= 0.6 is 0 Å². The van der Waals surface area contributed by atoms with Gasteiger partial charge in [0.15, 0.2) is 0 Å². The molecule has 0 bridgehead atoms. The van der Waals surface area contributed by atoms with Gasteiger partial charge >= 0.3 is 0 Å². The van der Waals surface area contributed by atoms with E-state index in [1.807, 2.05) is 17.0 Å². The predicted octanol–water partition coefficient (Wildman–Crippen LogP) is 2.07. The van der Waals surface area contributed by atoms with Crippen molar-refractivity contribution < 1.29 is 4.79 Å². The summed E-state index contributed by atoms with van der Waals surface area (Å²) in [6.07, 6.45) is 2.22. The summed E-state index contributed by atoms with van der Waals surface area (Å²) in [4.78, 5) is 14.3. The topological polar surface area (TPSA) is 32.3 Å². The van der Waals surface area contributed by atoms with Crippen LogP contribution in [0, 0.1) is 0 Å². The van der Waals surface area contributed by atoms with Gasteiger partial charge in [-0.2, -0.15) is 0 Å². The summed E-state index contributed by atoms with van der Waals surface area (Å²) in [6, 6.07) is 8.45. The summed E-state index contributed by atoms with van der Waals surface area (Å²) in [7, 11) is 0. The van der Waals surface area contributed by atoms with Gasteiger partial charge in [-0.1, -0.05) is 25.5 Å².